The van der Waals surface area contributed by atoms with E-state index in [-0.39, 0.29) is 6.10 Å². The topological polar surface area (TPSA) is 75.4 Å². The normalized spacial score (nSPS) is 29.2. The average Bonchev–Trinajstić information content (AvgIpc) is 2.59. The van der Waals surface area contributed by atoms with Crippen molar-refractivity contribution in [3.8, 4) is 0 Å². The maximum absolute atomic E-state index is 11.6. The molecule has 2 N–H and O–H groups in total. The van der Waals surface area contributed by atoms with Crippen LogP contribution >= 0.6 is 0 Å². The number of carboxylic acid groups (broad SMARTS) is 1. The van der Waals surface area contributed by atoms with E-state index in [1.807, 2.05) is 6.92 Å². The molecule has 0 atom stereocenters. The molecular formula is C12H18N2O3. The molecule has 1 aliphatic rings. The minimum atomic E-state index is -0.864. The van der Waals surface area contributed by atoms with Crippen LogP contribution in [0.3, 0.4) is 0 Å². The minimum absolute atomic E-state index is 0.362. The summed E-state index contributed by atoms with van der Waals surface area (Å²) >= 11 is 0. The van der Waals surface area contributed by atoms with E-state index in [1.165, 1.54) is 0 Å². The van der Waals surface area contributed by atoms with Crippen molar-refractivity contribution in [3.63, 3.8) is 0 Å². The summed E-state index contributed by atoms with van der Waals surface area (Å²) in [5.41, 5.74) is 0.697. The molecule has 0 aliphatic heterocycles. The fourth-order valence-corrected chi connectivity index (χ4v) is 2.76. The third kappa shape index (κ3) is 1.95. The Balaban J connectivity index is 2.42. The zero-order valence-corrected chi connectivity index (χ0v) is 10.2. The van der Waals surface area contributed by atoms with Crippen molar-refractivity contribution >= 4 is 5.97 Å². The molecule has 94 valence electrons. The molecule has 0 radical (unpaired) electrons. The number of aryl methyl sites for hydroxylation is 2. The fraction of sp³-hybridized carbons (Fsp3) is 0.667. The molecule has 17 heavy (non-hydrogen) atoms. The number of hydrogen-bond donors (Lipinski definition) is 2. The molecule has 5 nitrogen and oxygen atoms in total. The number of nitrogens with zero attached hydrogens (tertiary/aromatic N) is 2. The van der Waals surface area contributed by atoms with Crippen LogP contribution in [-0.2, 0) is 17.3 Å². The Morgan fingerprint density at radius 3 is 2.53 bits per heavy atom. The minimum Gasteiger partial charge on any atom is -0.481 e. The van der Waals surface area contributed by atoms with Gasteiger partial charge in [0.15, 0.2) is 0 Å². The number of aliphatic hydroxyl groups excluding tert-OH is 1. The number of aromatic nitrogens is 2. The molecule has 0 unspecified atom stereocenters. The van der Waals surface area contributed by atoms with E-state index in [0.29, 0.717) is 25.7 Å². The first-order valence-corrected chi connectivity index (χ1v) is 5.88. The lowest BCUT2D eigenvalue weighted by Gasteiger charge is -2.35. The Morgan fingerprint density at radius 1 is 1.53 bits per heavy atom. The molecule has 1 aliphatic carbocycles. The molecule has 0 saturated heterocycles. The Hall–Kier alpha value is -1.36. The second-order valence-corrected chi connectivity index (χ2v) is 4.92. The van der Waals surface area contributed by atoms with Crippen LogP contribution in [0.15, 0.2) is 6.20 Å². The van der Waals surface area contributed by atoms with Crippen molar-refractivity contribution in [2.75, 3.05) is 0 Å². The number of hydrogen-bond acceptors (Lipinski definition) is 3. The quantitative estimate of drug-likeness (QED) is 0.805. The van der Waals surface area contributed by atoms with Crippen LogP contribution in [0.5, 0.6) is 0 Å². The largest absolute Gasteiger partial charge is 0.481 e. The summed E-state index contributed by atoms with van der Waals surface area (Å²) < 4.78 is 1.65. The molecule has 1 fully saturated rings. The predicted molar refractivity (Wildman–Crippen MR) is 61.7 cm³/mol. The van der Waals surface area contributed by atoms with Gasteiger partial charge in [-0.2, -0.15) is 5.10 Å². The van der Waals surface area contributed by atoms with Crippen LogP contribution in [0.4, 0.5) is 0 Å². The van der Waals surface area contributed by atoms with Crippen LogP contribution < -0.4 is 0 Å². The van der Waals surface area contributed by atoms with Gasteiger partial charge in [-0.25, -0.2) is 0 Å². The first kappa shape index (κ1) is 12.1. The van der Waals surface area contributed by atoms with Gasteiger partial charge in [0.1, 0.15) is 0 Å². The summed E-state index contributed by atoms with van der Waals surface area (Å²) in [7, 11) is 1.80. The predicted octanol–water partition coefficient (Wildman–Crippen LogP) is 0.986. The highest BCUT2D eigenvalue weighted by molar-refractivity contribution is 5.81. The lowest BCUT2D eigenvalue weighted by Crippen LogP contribution is -2.41. The third-order valence-electron chi connectivity index (χ3n) is 3.75. The summed E-state index contributed by atoms with van der Waals surface area (Å²) in [5.74, 6) is -0.805. The Labute approximate surface area is 100 Å². The zero-order chi connectivity index (χ0) is 12.6. The van der Waals surface area contributed by atoms with Gasteiger partial charge in [-0.3, -0.25) is 9.48 Å². The van der Waals surface area contributed by atoms with Gasteiger partial charge in [0.05, 0.1) is 17.2 Å². The third-order valence-corrected chi connectivity index (χ3v) is 3.75. The number of rotatable bonds is 2. The van der Waals surface area contributed by atoms with E-state index in [0.717, 1.165) is 11.3 Å². The van der Waals surface area contributed by atoms with Crippen LogP contribution in [-0.4, -0.2) is 32.1 Å². The monoisotopic (exact) mass is 238 g/mol. The van der Waals surface area contributed by atoms with Crippen molar-refractivity contribution in [2.24, 2.45) is 7.05 Å². The van der Waals surface area contributed by atoms with Gasteiger partial charge >= 0.3 is 5.97 Å². The zero-order valence-electron chi connectivity index (χ0n) is 10.2. The highest BCUT2D eigenvalue weighted by Gasteiger charge is 2.45. The second-order valence-electron chi connectivity index (χ2n) is 4.92. The molecular weight excluding hydrogens is 220 g/mol. The van der Waals surface area contributed by atoms with E-state index in [9.17, 15) is 15.0 Å². The van der Waals surface area contributed by atoms with Gasteiger partial charge in [-0.1, -0.05) is 0 Å². The van der Waals surface area contributed by atoms with Gasteiger partial charge < -0.3 is 10.2 Å². The molecule has 1 heterocycles. The summed E-state index contributed by atoms with van der Waals surface area (Å²) in [6.07, 6.45) is 3.48. The molecule has 2 rings (SSSR count). The van der Waals surface area contributed by atoms with Gasteiger partial charge in [-0.05, 0) is 32.6 Å². The lowest BCUT2D eigenvalue weighted by molar-refractivity contribution is -0.146. The summed E-state index contributed by atoms with van der Waals surface area (Å²) in [5, 5.41) is 23.3. The van der Waals surface area contributed by atoms with Gasteiger partial charge in [-0.15, -0.1) is 0 Å². The molecule has 0 aromatic carbocycles. The number of carboxylic acids is 1. The number of carbonyl (C=O) groups is 1. The Morgan fingerprint density at radius 2 is 2.12 bits per heavy atom. The smallest absolute Gasteiger partial charge is 0.314 e. The van der Waals surface area contributed by atoms with Gasteiger partial charge in [0.25, 0.3) is 0 Å². The van der Waals surface area contributed by atoms with E-state index in [1.54, 1.807) is 17.9 Å². The van der Waals surface area contributed by atoms with Crippen molar-refractivity contribution in [2.45, 2.75) is 44.1 Å². The summed E-state index contributed by atoms with van der Waals surface area (Å²) in [4.78, 5) is 11.6. The maximum atomic E-state index is 11.6. The van der Waals surface area contributed by atoms with Crippen molar-refractivity contribution in [1.29, 1.82) is 0 Å². The molecule has 0 amide bonds. The fourth-order valence-electron chi connectivity index (χ4n) is 2.76. The maximum Gasteiger partial charge on any atom is 0.314 e. The van der Waals surface area contributed by atoms with Crippen molar-refractivity contribution in [1.82, 2.24) is 9.78 Å². The second kappa shape index (κ2) is 4.14. The van der Waals surface area contributed by atoms with Crippen LogP contribution in [0.25, 0.3) is 0 Å². The SMILES string of the molecule is Cc1nn(C)cc1C1(C(=O)O)CCC(O)CC1. The van der Waals surface area contributed by atoms with E-state index in [4.69, 9.17) is 0 Å². The highest BCUT2D eigenvalue weighted by atomic mass is 16.4. The van der Waals surface area contributed by atoms with Crippen LogP contribution in [0.2, 0.25) is 0 Å². The van der Waals surface area contributed by atoms with Crippen molar-refractivity contribution in [3.05, 3.63) is 17.5 Å². The average molecular weight is 238 g/mol. The van der Waals surface area contributed by atoms with E-state index >= 15 is 0 Å². The lowest BCUT2D eigenvalue weighted by atomic mass is 9.69. The van der Waals surface area contributed by atoms with Crippen LogP contribution in [0, 0.1) is 6.92 Å². The molecule has 5 heteroatoms. The highest BCUT2D eigenvalue weighted by Crippen LogP contribution is 2.40. The Bertz CT molecular complexity index is 431. The molecule has 0 spiro atoms. The van der Waals surface area contributed by atoms with E-state index < -0.39 is 11.4 Å². The van der Waals surface area contributed by atoms with Crippen molar-refractivity contribution < 1.29 is 15.0 Å². The molecule has 0 bridgehead atoms. The van der Waals surface area contributed by atoms with Crippen LogP contribution in [0.1, 0.15) is 36.9 Å². The Kier molecular flexibility index (Phi) is 2.95. The first-order valence-electron chi connectivity index (χ1n) is 5.88. The van der Waals surface area contributed by atoms with Gasteiger partial charge in [0.2, 0.25) is 0 Å². The van der Waals surface area contributed by atoms with Gasteiger partial charge in [0, 0.05) is 18.8 Å². The molecule has 1 aromatic rings. The van der Waals surface area contributed by atoms with E-state index in [2.05, 4.69) is 5.10 Å². The standard InChI is InChI=1S/C12H18N2O3/c1-8-10(7-14(2)13-8)12(11(16)17)5-3-9(15)4-6-12/h7,9,15H,3-6H2,1-2H3,(H,16,17). The number of aliphatic carboxylic acids is 1. The first-order chi connectivity index (χ1) is 7.95. The molecule has 1 saturated carbocycles. The number of aliphatic hydroxyl groups is 1. The molecule has 1 aromatic heterocycles. The summed E-state index contributed by atoms with van der Waals surface area (Å²) in [6.45, 7) is 1.84. The summed E-state index contributed by atoms with van der Waals surface area (Å²) in [6, 6.07) is 0.